The van der Waals surface area contributed by atoms with E-state index in [0.29, 0.717) is 5.69 Å². The van der Waals surface area contributed by atoms with Crippen molar-refractivity contribution in [3.63, 3.8) is 0 Å². The van der Waals surface area contributed by atoms with Crippen LogP contribution in [0.15, 0.2) is 48.5 Å². The lowest BCUT2D eigenvalue weighted by molar-refractivity contribution is -0.154. The van der Waals surface area contributed by atoms with Crippen LogP contribution < -0.4 is 10.2 Å². The van der Waals surface area contributed by atoms with Gasteiger partial charge in [0.05, 0.1) is 17.3 Å². The van der Waals surface area contributed by atoms with E-state index in [2.05, 4.69) is 11.4 Å². The number of para-hydroxylation sites is 1. The maximum absolute atomic E-state index is 12.6. The van der Waals surface area contributed by atoms with Gasteiger partial charge in [-0.1, -0.05) is 36.4 Å². The van der Waals surface area contributed by atoms with Crippen LogP contribution in [0, 0.1) is 0 Å². The highest BCUT2D eigenvalue weighted by atomic mass is 16.5. The molecular weight excluding hydrogens is 384 g/mol. The van der Waals surface area contributed by atoms with Crippen molar-refractivity contribution < 1.29 is 23.9 Å². The fourth-order valence-corrected chi connectivity index (χ4v) is 4.02. The number of Topliss-reactive ketones (excluding diaryl/α,β-unsaturated/α-hetero) is 1. The molecule has 154 valence electrons. The molecule has 1 N–H and O–H groups in total. The van der Waals surface area contributed by atoms with Crippen LogP contribution in [0.1, 0.15) is 47.3 Å². The first-order chi connectivity index (χ1) is 14.5. The van der Waals surface area contributed by atoms with E-state index in [9.17, 15) is 19.2 Å². The minimum Gasteiger partial charge on any atom is -0.451 e. The van der Waals surface area contributed by atoms with Gasteiger partial charge in [0.25, 0.3) is 17.6 Å². The zero-order valence-electron chi connectivity index (χ0n) is 16.6. The topological polar surface area (TPSA) is 92.8 Å². The van der Waals surface area contributed by atoms with Crippen molar-refractivity contribution in [2.75, 3.05) is 11.4 Å². The van der Waals surface area contributed by atoms with Crippen LogP contribution >= 0.6 is 0 Å². The molecule has 0 unspecified atom stereocenters. The molecule has 0 fully saturated rings. The molecule has 2 amide bonds. The van der Waals surface area contributed by atoms with Gasteiger partial charge in [-0.25, -0.2) is 0 Å². The largest absolute Gasteiger partial charge is 0.451 e. The number of aryl methyl sites for hydroxylation is 1. The van der Waals surface area contributed by atoms with Gasteiger partial charge in [0, 0.05) is 0 Å². The number of nitrogens with one attached hydrogen (secondary N) is 1. The van der Waals surface area contributed by atoms with Gasteiger partial charge >= 0.3 is 5.97 Å². The lowest BCUT2D eigenvalue weighted by Crippen LogP contribution is -2.41. The third-order valence-electron chi connectivity index (χ3n) is 5.53. The zero-order valence-corrected chi connectivity index (χ0v) is 16.6. The molecule has 2 aromatic carbocycles. The number of carbonyl (C=O) groups is 4. The summed E-state index contributed by atoms with van der Waals surface area (Å²) < 4.78 is 5.25. The minimum absolute atomic E-state index is 0.117. The lowest BCUT2D eigenvalue weighted by Gasteiger charge is -2.27. The van der Waals surface area contributed by atoms with Gasteiger partial charge in [-0.3, -0.25) is 24.1 Å². The number of hydrogen-bond acceptors (Lipinski definition) is 5. The number of hydrogen-bond donors (Lipinski definition) is 1. The zero-order chi connectivity index (χ0) is 21.3. The SMILES string of the molecule is C[C@H](OC(=O)CN1C(=O)C(=O)c2ccccc21)C(=O)N[C@H]1CCCc2ccccc21. The second-order valence-electron chi connectivity index (χ2n) is 7.52. The maximum atomic E-state index is 12.6. The molecule has 0 radical (unpaired) electrons. The highest BCUT2D eigenvalue weighted by molar-refractivity contribution is 6.52. The standard InChI is InChI=1S/C23H22N2O5/c1-14(22(28)24-18-11-6-8-15-7-2-3-9-16(15)18)30-20(26)13-25-19-12-5-4-10-17(19)21(27)23(25)29/h2-5,7,9-10,12,14,18H,6,8,11,13H2,1H3,(H,24,28)/t14-,18-/m0/s1. The molecule has 2 aromatic rings. The van der Waals surface area contributed by atoms with Gasteiger partial charge in [0.2, 0.25) is 0 Å². The Morgan fingerprint density at radius 1 is 1.13 bits per heavy atom. The highest BCUT2D eigenvalue weighted by Crippen LogP contribution is 2.30. The maximum Gasteiger partial charge on any atom is 0.326 e. The number of benzene rings is 2. The van der Waals surface area contributed by atoms with Crippen molar-refractivity contribution in [1.29, 1.82) is 0 Å². The average Bonchev–Trinajstić information content (AvgIpc) is 2.99. The number of ether oxygens (including phenoxy) is 1. The molecule has 2 aliphatic rings. The molecule has 2 atom stereocenters. The molecule has 7 heteroatoms. The second-order valence-corrected chi connectivity index (χ2v) is 7.52. The molecule has 1 heterocycles. The number of anilines is 1. The number of rotatable bonds is 5. The molecule has 0 aromatic heterocycles. The predicted octanol–water partition coefficient (Wildman–Crippen LogP) is 2.34. The van der Waals surface area contributed by atoms with Gasteiger partial charge in [0.1, 0.15) is 6.54 Å². The number of esters is 1. The summed E-state index contributed by atoms with van der Waals surface area (Å²) >= 11 is 0. The van der Waals surface area contributed by atoms with Crippen LogP contribution in [-0.2, 0) is 25.5 Å². The van der Waals surface area contributed by atoms with E-state index in [0.717, 1.165) is 29.7 Å². The van der Waals surface area contributed by atoms with Crippen molar-refractivity contribution in [3.8, 4) is 0 Å². The number of fused-ring (bicyclic) bond motifs is 2. The average molecular weight is 406 g/mol. The van der Waals surface area contributed by atoms with Crippen molar-refractivity contribution in [1.82, 2.24) is 5.32 Å². The Morgan fingerprint density at radius 3 is 2.70 bits per heavy atom. The van der Waals surface area contributed by atoms with E-state index in [1.807, 2.05) is 18.2 Å². The highest BCUT2D eigenvalue weighted by Gasteiger charge is 2.37. The van der Waals surface area contributed by atoms with Crippen molar-refractivity contribution in [2.24, 2.45) is 0 Å². The number of nitrogens with zero attached hydrogens (tertiary/aromatic N) is 1. The lowest BCUT2D eigenvalue weighted by atomic mass is 9.87. The van der Waals surface area contributed by atoms with Gasteiger partial charge in [0.15, 0.2) is 6.10 Å². The summed E-state index contributed by atoms with van der Waals surface area (Å²) in [6, 6.07) is 14.3. The molecule has 0 spiro atoms. The summed E-state index contributed by atoms with van der Waals surface area (Å²) in [6.45, 7) is 1.07. The quantitative estimate of drug-likeness (QED) is 0.608. The van der Waals surface area contributed by atoms with Crippen molar-refractivity contribution in [3.05, 3.63) is 65.2 Å². The third kappa shape index (κ3) is 3.70. The monoisotopic (exact) mass is 406 g/mol. The van der Waals surface area contributed by atoms with E-state index in [1.54, 1.807) is 24.3 Å². The third-order valence-corrected chi connectivity index (χ3v) is 5.53. The Morgan fingerprint density at radius 2 is 1.87 bits per heavy atom. The van der Waals surface area contributed by atoms with Crippen LogP contribution in [0.25, 0.3) is 0 Å². The Hall–Kier alpha value is -3.48. The first-order valence-electron chi connectivity index (χ1n) is 9.98. The van der Waals surface area contributed by atoms with Gasteiger partial charge in [-0.15, -0.1) is 0 Å². The Labute approximate surface area is 174 Å². The van der Waals surface area contributed by atoms with Crippen LogP contribution in [0.3, 0.4) is 0 Å². The number of amides is 2. The van der Waals surface area contributed by atoms with E-state index in [4.69, 9.17) is 4.74 Å². The van der Waals surface area contributed by atoms with Crippen LogP contribution in [-0.4, -0.2) is 36.2 Å². The van der Waals surface area contributed by atoms with Crippen molar-refractivity contribution >= 4 is 29.3 Å². The van der Waals surface area contributed by atoms with Crippen LogP contribution in [0.2, 0.25) is 0 Å². The summed E-state index contributed by atoms with van der Waals surface area (Å²) in [4.78, 5) is 50.2. The number of carbonyl (C=O) groups excluding carboxylic acids is 4. The van der Waals surface area contributed by atoms with E-state index in [-0.39, 0.29) is 11.6 Å². The van der Waals surface area contributed by atoms with Crippen LogP contribution in [0.5, 0.6) is 0 Å². The number of ketones is 1. The second kappa shape index (κ2) is 8.10. The fraction of sp³-hybridized carbons (Fsp3) is 0.304. The fourth-order valence-electron chi connectivity index (χ4n) is 4.02. The molecule has 0 saturated heterocycles. The van der Waals surface area contributed by atoms with Crippen LogP contribution in [0.4, 0.5) is 5.69 Å². The molecule has 0 saturated carbocycles. The normalized spacial score (nSPS) is 18.4. The molecule has 4 rings (SSSR count). The molecule has 30 heavy (non-hydrogen) atoms. The summed E-state index contributed by atoms with van der Waals surface area (Å²) in [5.74, 6) is -2.57. The van der Waals surface area contributed by atoms with Gasteiger partial charge in [-0.05, 0) is 49.4 Å². The Balaban J connectivity index is 1.37. The Bertz CT molecular complexity index is 1030. The molecule has 0 bridgehead atoms. The first-order valence-corrected chi connectivity index (χ1v) is 9.98. The van der Waals surface area contributed by atoms with Crippen molar-refractivity contribution in [2.45, 2.75) is 38.3 Å². The summed E-state index contributed by atoms with van der Waals surface area (Å²) in [7, 11) is 0. The summed E-state index contributed by atoms with van der Waals surface area (Å²) in [6.07, 6.45) is 1.76. The molecule has 7 nitrogen and oxygen atoms in total. The predicted molar refractivity (Wildman–Crippen MR) is 109 cm³/mol. The summed E-state index contributed by atoms with van der Waals surface area (Å²) in [5, 5.41) is 2.95. The molecule has 1 aliphatic carbocycles. The summed E-state index contributed by atoms with van der Waals surface area (Å²) in [5.41, 5.74) is 2.94. The minimum atomic E-state index is -1.02. The van der Waals surface area contributed by atoms with E-state index >= 15 is 0 Å². The smallest absolute Gasteiger partial charge is 0.326 e. The van der Waals surface area contributed by atoms with E-state index < -0.39 is 36.2 Å². The molecular formula is C23H22N2O5. The van der Waals surface area contributed by atoms with E-state index in [1.165, 1.54) is 12.5 Å². The first kappa shape index (κ1) is 19.8. The Kier molecular flexibility index (Phi) is 5.35. The molecule has 1 aliphatic heterocycles. The van der Waals surface area contributed by atoms with Gasteiger partial charge in [-0.2, -0.15) is 0 Å². The van der Waals surface area contributed by atoms with Gasteiger partial charge < -0.3 is 10.1 Å².